The van der Waals surface area contributed by atoms with Gasteiger partial charge in [-0.25, -0.2) is 0 Å². The van der Waals surface area contributed by atoms with E-state index in [4.69, 9.17) is 14.2 Å². The normalized spacial score (nSPS) is 34.3. The van der Waals surface area contributed by atoms with Gasteiger partial charge < -0.3 is 19.1 Å². The maximum atomic E-state index is 6.34. The van der Waals surface area contributed by atoms with Crippen LogP contribution in [0.25, 0.3) is 0 Å². The smallest absolute Gasteiger partial charge is 0.218 e. The van der Waals surface area contributed by atoms with Gasteiger partial charge in [0, 0.05) is 18.4 Å². The molecule has 1 unspecified atom stereocenters. The van der Waals surface area contributed by atoms with E-state index in [1.165, 1.54) is 29.7 Å². The lowest BCUT2D eigenvalue weighted by Gasteiger charge is -2.32. The fourth-order valence-corrected chi connectivity index (χ4v) is 4.09. The Kier molecular flexibility index (Phi) is 4.18. The third-order valence-electron chi connectivity index (χ3n) is 5.20. The summed E-state index contributed by atoms with van der Waals surface area (Å²) in [6.45, 7) is 3.59. The van der Waals surface area contributed by atoms with Crippen LogP contribution in [0.3, 0.4) is 0 Å². The average Bonchev–Trinajstić information content (AvgIpc) is 3.17. The van der Waals surface area contributed by atoms with E-state index >= 15 is 0 Å². The summed E-state index contributed by atoms with van der Waals surface area (Å²) in [7, 11) is 0. The second-order valence-corrected chi connectivity index (χ2v) is 6.80. The number of hydrogen-bond donors (Lipinski definition) is 1. The molecule has 22 heavy (non-hydrogen) atoms. The first-order chi connectivity index (χ1) is 10.8. The maximum Gasteiger partial charge on any atom is 0.218 e. The third-order valence-corrected chi connectivity index (χ3v) is 5.20. The quantitative estimate of drug-likeness (QED) is 0.922. The molecule has 1 aromatic rings. The zero-order valence-electron chi connectivity index (χ0n) is 13.1. The molecule has 4 nitrogen and oxygen atoms in total. The summed E-state index contributed by atoms with van der Waals surface area (Å²) in [5, 5.41) is 0. The molecule has 2 heterocycles. The lowest BCUT2D eigenvalue weighted by atomic mass is 9.94. The van der Waals surface area contributed by atoms with Gasteiger partial charge in [0.25, 0.3) is 0 Å². The number of nitrogens with one attached hydrogen (secondary N) is 1. The monoisotopic (exact) mass is 304 g/mol. The van der Waals surface area contributed by atoms with Gasteiger partial charge in [-0.3, -0.25) is 0 Å². The van der Waals surface area contributed by atoms with Gasteiger partial charge in [0.1, 0.15) is 25.8 Å². The number of benzene rings is 1. The first-order valence-corrected chi connectivity index (χ1v) is 8.68. The zero-order valence-corrected chi connectivity index (χ0v) is 13.1. The van der Waals surface area contributed by atoms with Crippen LogP contribution >= 0.6 is 0 Å². The number of quaternary nitrogens is 1. The van der Waals surface area contributed by atoms with Crippen molar-refractivity contribution in [3.05, 3.63) is 35.9 Å². The highest BCUT2D eigenvalue weighted by atomic mass is 16.7. The summed E-state index contributed by atoms with van der Waals surface area (Å²) in [6.07, 6.45) is 6.28. The summed E-state index contributed by atoms with van der Waals surface area (Å²) in [5.41, 5.74) is 1.27. The Hall–Kier alpha value is -0.940. The summed E-state index contributed by atoms with van der Waals surface area (Å²) in [4.78, 5) is 1.47. The number of rotatable bonds is 3. The molecule has 4 rings (SSSR count). The van der Waals surface area contributed by atoms with Gasteiger partial charge in [-0.2, -0.15) is 0 Å². The van der Waals surface area contributed by atoms with Crippen LogP contribution in [0, 0.1) is 0 Å². The molecular weight excluding hydrogens is 278 g/mol. The van der Waals surface area contributed by atoms with Gasteiger partial charge in [0.2, 0.25) is 6.23 Å². The van der Waals surface area contributed by atoms with Crippen molar-refractivity contribution in [3.8, 4) is 0 Å². The van der Waals surface area contributed by atoms with Crippen molar-refractivity contribution >= 4 is 0 Å². The third kappa shape index (κ3) is 2.93. The molecule has 2 aliphatic heterocycles. The second-order valence-electron chi connectivity index (χ2n) is 6.80. The van der Waals surface area contributed by atoms with Crippen LogP contribution in [0.2, 0.25) is 0 Å². The molecule has 0 amide bonds. The molecule has 3 atom stereocenters. The maximum absolute atomic E-state index is 6.34. The Labute approximate surface area is 132 Å². The molecule has 1 aromatic carbocycles. The van der Waals surface area contributed by atoms with Gasteiger partial charge in [-0.05, 0) is 12.8 Å². The van der Waals surface area contributed by atoms with Gasteiger partial charge in [-0.15, -0.1) is 0 Å². The van der Waals surface area contributed by atoms with Gasteiger partial charge >= 0.3 is 0 Å². The predicted octanol–water partition coefficient (Wildman–Crippen LogP) is 1.68. The molecule has 120 valence electrons. The second kappa shape index (κ2) is 6.28. The topological polar surface area (TPSA) is 32.1 Å². The predicted molar refractivity (Wildman–Crippen MR) is 82.5 cm³/mol. The molecule has 3 fully saturated rings. The Morgan fingerprint density at radius 3 is 2.73 bits per heavy atom. The largest absolute Gasteiger partial charge is 0.347 e. The average molecular weight is 304 g/mol. The standard InChI is InChI=1S/C18H25NO3/c1-3-7-15(8-4-1)17-19(11-12-20-17)13-16-14-21-18(22-16)9-5-2-6-10-18/h1,3-4,7-8,16-17H,2,5-6,9-14H2/p+1/t16-,17+/m0/s1. The Balaban J connectivity index is 1.39. The van der Waals surface area contributed by atoms with E-state index < -0.39 is 0 Å². The molecule has 4 heteroatoms. The lowest BCUT2D eigenvalue weighted by Crippen LogP contribution is -3.11. The molecule has 1 saturated carbocycles. The molecule has 3 aliphatic rings. The van der Waals surface area contributed by atoms with Crippen molar-refractivity contribution < 1.29 is 19.1 Å². The minimum atomic E-state index is -0.259. The summed E-state index contributed by atoms with van der Waals surface area (Å²) >= 11 is 0. The van der Waals surface area contributed by atoms with Crippen LogP contribution in [-0.2, 0) is 14.2 Å². The van der Waals surface area contributed by atoms with E-state index in [1.54, 1.807) is 0 Å². The van der Waals surface area contributed by atoms with E-state index in [1.807, 2.05) is 0 Å². The van der Waals surface area contributed by atoms with Crippen LogP contribution in [0.1, 0.15) is 43.9 Å². The van der Waals surface area contributed by atoms with E-state index in [2.05, 4.69) is 30.3 Å². The van der Waals surface area contributed by atoms with Crippen molar-refractivity contribution in [2.24, 2.45) is 0 Å². The van der Waals surface area contributed by atoms with Crippen LogP contribution in [0.15, 0.2) is 30.3 Å². The lowest BCUT2D eigenvalue weighted by molar-refractivity contribution is -0.934. The molecular formula is C18H26NO3+. The minimum Gasteiger partial charge on any atom is -0.347 e. The SMILES string of the molecule is c1ccc([C@H]2OCC[NH+]2C[C@H]2COC3(CCCCC3)O2)cc1. The van der Waals surface area contributed by atoms with Crippen LogP contribution < -0.4 is 4.90 Å². The van der Waals surface area contributed by atoms with Crippen molar-refractivity contribution in [1.29, 1.82) is 0 Å². The summed E-state index contributed by atoms with van der Waals surface area (Å²) < 4.78 is 18.4. The van der Waals surface area contributed by atoms with Crippen LogP contribution in [-0.4, -0.2) is 38.2 Å². The zero-order chi connectivity index (χ0) is 14.8. The first-order valence-electron chi connectivity index (χ1n) is 8.68. The fraction of sp³-hybridized carbons (Fsp3) is 0.667. The number of hydrogen-bond acceptors (Lipinski definition) is 3. The van der Waals surface area contributed by atoms with Crippen LogP contribution in [0.4, 0.5) is 0 Å². The Bertz CT molecular complexity index is 486. The van der Waals surface area contributed by atoms with E-state index in [9.17, 15) is 0 Å². The van der Waals surface area contributed by atoms with Crippen LogP contribution in [0.5, 0.6) is 0 Å². The van der Waals surface area contributed by atoms with Gasteiger partial charge in [0.05, 0.1) is 6.61 Å². The molecule has 0 aromatic heterocycles. The molecule has 1 spiro atoms. The van der Waals surface area contributed by atoms with Crippen molar-refractivity contribution in [3.63, 3.8) is 0 Å². The van der Waals surface area contributed by atoms with Crippen molar-refractivity contribution in [2.75, 3.05) is 26.3 Å². The van der Waals surface area contributed by atoms with Crippen molar-refractivity contribution in [2.45, 2.75) is 50.2 Å². The Morgan fingerprint density at radius 2 is 1.91 bits per heavy atom. The minimum absolute atomic E-state index is 0.146. The molecule has 1 N–H and O–H groups in total. The summed E-state index contributed by atoms with van der Waals surface area (Å²) in [6, 6.07) is 10.5. The van der Waals surface area contributed by atoms with Crippen molar-refractivity contribution in [1.82, 2.24) is 0 Å². The first kappa shape index (κ1) is 14.6. The van der Waals surface area contributed by atoms with Gasteiger partial charge in [-0.1, -0.05) is 36.8 Å². The molecule has 0 radical (unpaired) electrons. The van der Waals surface area contributed by atoms with Gasteiger partial charge in [0.15, 0.2) is 5.79 Å². The highest BCUT2D eigenvalue weighted by molar-refractivity contribution is 5.15. The fourth-order valence-electron chi connectivity index (χ4n) is 4.09. The number of ether oxygens (including phenoxy) is 3. The molecule has 0 bridgehead atoms. The van der Waals surface area contributed by atoms with E-state index in [0.717, 1.165) is 39.1 Å². The highest BCUT2D eigenvalue weighted by Crippen LogP contribution is 2.37. The highest BCUT2D eigenvalue weighted by Gasteiger charge is 2.44. The van der Waals surface area contributed by atoms with E-state index in [0.29, 0.717) is 0 Å². The summed E-state index contributed by atoms with van der Waals surface area (Å²) in [5.74, 6) is -0.259. The molecule has 2 saturated heterocycles. The van der Waals surface area contributed by atoms with E-state index in [-0.39, 0.29) is 18.1 Å². The molecule has 1 aliphatic carbocycles. The Morgan fingerprint density at radius 1 is 1.09 bits per heavy atom.